The number of rotatable bonds is 3. The van der Waals surface area contributed by atoms with E-state index in [-0.39, 0.29) is 13.0 Å². The maximum absolute atomic E-state index is 12.8. The van der Waals surface area contributed by atoms with Crippen molar-refractivity contribution in [3.8, 4) is 0 Å². The van der Waals surface area contributed by atoms with Gasteiger partial charge in [0.05, 0.1) is 17.3 Å². The lowest BCUT2D eigenvalue weighted by Crippen LogP contribution is -2.42. The van der Waals surface area contributed by atoms with Crippen molar-refractivity contribution in [1.29, 1.82) is 0 Å². The number of nitrogens with zero attached hydrogens (tertiary/aromatic N) is 1. The van der Waals surface area contributed by atoms with Crippen LogP contribution in [0.4, 0.5) is 24.5 Å². The van der Waals surface area contributed by atoms with Gasteiger partial charge in [0.25, 0.3) is 0 Å². The first-order valence-corrected chi connectivity index (χ1v) is 7.28. The number of hydrogen-bond donors (Lipinski definition) is 2. The highest BCUT2D eigenvalue weighted by atomic mass is 32.2. The number of nitrogen functional groups attached to an aromatic ring is 1. The fourth-order valence-electron chi connectivity index (χ4n) is 2.47. The molecule has 0 aliphatic carbocycles. The molecule has 0 bridgehead atoms. The van der Waals surface area contributed by atoms with Crippen LogP contribution in [0.1, 0.15) is 12.8 Å². The van der Waals surface area contributed by atoms with E-state index in [4.69, 9.17) is 5.73 Å². The Hall–Kier alpha value is -1.08. The van der Waals surface area contributed by atoms with E-state index in [9.17, 15) is 13.2 Å². The van der Waals surface area contributed by atoms with Gasteiger partial charge in [0.1, 0.15) is 0 Å². The molecule has 1 aromatic rings. The molecule has 1 aliphatic rings. The third-order valence-electron chi connectivity index (χ3n) is 3.44. The van der Waals surface area contributed by atoms with Crippen LogP contribution in [0.5, 0.6) is 0 Å². The monoisotopic (exact) mass is 305 g/mol. The second kappa shape index (κ2) is 6.13. The molecule has 0 spiro atoms. The smallest absolute Gasteiger partial charge is 0.393 e. The second-order valence-electron chi connectivity index (χ2n) is 4.85. The highest BCUT2D eigenvalue weighted by Gasteiger charge is 2.42. The number of nitrogens with one attached hydrogen (secondary N) is 1. The fraction of sp³-hybridized carbons (Fsp3) is 0.538. The molecule has 112 valence electrons. The number of nitrogens with two attached hydrogens (primary N) is 1. The Morgan fingerprint density at radius 3 is 2.75 bits per heavy atom. The molecule has 1 heterocycles. The van der Waals surface area contributed by atoms with Crippen LogP contribution in [0.3, 0.4) is 0 Å². The molecule has 7 heteroatoms. The van der Waals surface area contributed by atoms with E-state index in [2.05, 4.69) is 4.72 Å². The van der Waals surface area contributed by atoms with E-state index >= 15 is 0 Å². The zero-order valence-electron chi connectivity index (χ0n) is 11.2. The van der Waals surface area contributed by atoms with Crippen LogP contribution in [0.2, 0.25) is 0 Å². The van der Waals surface area contributed by atoms with Gasteiger partial charge in [-0.2, -0.15) is 13.2 Å². The number of piperidine rings is 1. The predicted octanol–water partition coefficient (Wildman–Crippen LogP) is 3.27. The number of halogens is 3. The molecule has 1 aromatic carbocycles. The van der Waals surface area contributed by atoms with Crippen LogP contribution >= 0.6 is 11.9 Å². The Morgan fingerprint density at radius 1 is 1.40 bits per heavy atom. The van der Waals surface area contributed by atoms with E-state index in [0.29, 0.717) is 24.3 Å². The highest BCUT2D eigenvalue weighted by molar-refractivity contribution is 7.97. The molecule has 1 aliphatic heterocycles. The molecule has 0 saturated carbocycles. The summed E-state index contributed by atoms with van der Waals surface area (Å²) >= 11 is 1.42. The van der Waals surface area contributed by atoms with Gasteiger partial charge in [0.15, 0.2) is 0 Å². The minimum Gasteiger partial charge on any atom is -0.397 e. The quantitative estimate of drug-likeness (QED) is 0.664. The average Bonchev–Trinajstić information content (AvgIpc) is 2.38. The van der Waals surface area contributed by atoms with Crippen LogP contribution in [-0.2, 0) is 0 Å². The normalized spacial score (nSPS) is 20.2. The van der Waals surface area contributed by atoms with Gasteiger partial charge < -0.3 is 10.6 Å². The van der Waals surface area contributed by atoms with Gasteiger partial charge in [-0.3, -0.25) is 4.72 Å². The Balaban J connectivity index is 2.15. The molecule has 20 heavy (non-hydrogen) atoms. The minimum absolute atomic E-state index is 0.00772. The first-order chi connectivity index (χ1) is 9.41. The third-order valence-corrected chi connectivity index (χ3v) is 4.14. The molecule has 1 atom stereocenters. The van der Waals surface area contributed by atoms with Crippen molar-refractivity contribution < 1.29 is 13.2 Å². The predicted molar refractivity (Wildman–Crippen MR) is 76.8 cm³/mol. The van der Waals surface area contributed by atoms with Gasteiger partial charge in [-0.05, 0) is 50.0 Å². The van der Waals surface area contributed by atoms with Crippen LogP contribution in [-0.4, -0.2) is 26.3 Å². The lowest BCUT2D eigenvalue weighted by Gasteiger charge is -2.35. The molecule has 1 saturated heterocycles. The molecule has 0 radical (unpaired) electrons. The molecule has 3 nitrogen and oxygen atoms in total. The summed E-state index contributed by atoms with van der Waals surface area (Å²) in [5.74, 6) is -1.26. The van der Waals surface area contributed by atoms with Crippen molar-refractivity contribution >= 4 is 23.3 Å². The molecular formula is C13H18F3N3S. The maximum atomic E-state index is 12.8. The maximum Gasteiger partial charge on any atom is 0.393 e. The molecule has 1 fully saturated rings. The zero-order chi connectivity index (χ0) is 14.8. The van der Waals surface area contributed by atoms with Gasteiger partial charge in [-0.15, -0.1) is 0 Å². The van der Waals surface area contributed by atoms with E-state index in [1.165, 1.54) is 11.9 Å². The van der Waals surface area contributed by atoms with Crippen molar-refractivity contribution in [2.24, 2.45) is 5.92 Å². The van der Waals surface area contributed by atoms with Crippen LogP contribution in [0.15, 0.2) is 23.1 Å². The van der Waals surface area contributed by atoms with Gasteiger partial charge in [-0.25, -0.2) is 0 Å². The summed E-state index contributed by atoms with van der Waals surface area (Å²) in [5, 5.41) is 0. The van der Waals surface area contributed by atoms with Crippen LogP contribution < -0.4 is 15.4 Å². The topological polar surface area (TPSA) is 41.3 Å². The summed E-state index contributed by atoms with van der Waals surface area (Å²) in [6.45, 7) is 0.613. The Morgan fingerprint density at radius 2 is 2.15 bits per heavy atom. The molecular weight excluding hydrogens is 287 g/mol. The number of hydrogen-bond acceptors (Lipinski definition) is 4. The average molecular weight is 305 g/mol. The van der Waals surface area contributed by atoms with Crippen molar-refractivity contribution in [3.63, 3.8) is 0 Å². The Bertz CT molecular complexity index is 465. The Kier molecular flexibility index (Phi) is 4.70. The lowest BCUT2D eigenvalue weighted by atomic mass is 9.97. The first-order valence-electron chi connectivity index (χ1n) is 6.46. The van der Waals surface area contributed by atoms with E-state index < -0.39 is 12.1 Å². The summed E-state index contributed by atoms with van der Waals surface area (Å²) in [4.78, 5) is 2.68. The molecule has 1 unspecified atom stereocenters. The van der Waals surface area contributed by atoms with Gasteiger partial charge in [-0.1, -0.05) is 0 Å². The zero-order valence-corrected chi connectivity index (χ0v) is 12.0. The summed E-state index contributed by atoms with van der Waals surface area (Å²) in [6.07, 6.45) is -3.39. The van der Waals surface area contributed by atoms with E-state index in [0.717, 1.165) is 4.90 Å². The van der Waals surface area contributed by atoms with Crippen molar-refractivity contribution in [2.75, 3.05) is 30.8 Å². The lowest BCUT2D eigenvalue weighted by molar-refractivity contribution is -0.175. The summed E-state index contributed by atoms with van der Waals surface area (Å²) < 4.78 is 41.4. The van der Waals surface area contributed by atoms with Gasteiger partial charge in [0.2, 0.25) is 0 Å². The first kappa shape index (κ1) is 15.3. The minimum atomic E-state index is -4.13. The van der Waals surface area contributed by atoms with Crippen LogP contribution in [0, 0.1) is 5.92 Å². The summed E-state index contributed by atoms with van der Waals surface area (Å²) in [5.41, 5.74) is 7.19. The van der Waals surface area contributed by atoms with Gasteiger partial charge in [0, 0.05) is 18.0 Å². The van der Waals surface area contributed by atoms with Crippen molar-refractivity contribution in [3.05, 3.63) is 18.2 Å². The largest absolute Gasteiger partial charge is 0.397 e. The van der Waals surface area contributed by atoms with Crippen LogP contribution in [0.25, 0.3) is 0 Å². The van der Waals surface area contributed by atoms with Crippen molar-refractivity contribution in [1.82, 2.24) is 4.72 Å². The molecule has 0 aromatic heterocycles. The Labute approximate surface area is 120 Å². The SMILES string of the molecule is CNSc1ccc(N2CCCC(C(F)(F)F)C2)c(N)c1. The molecule has 2 rings (SSSR count). The van der Waals surface area contributed by atoms with Gasteiger partial charge >= 0.3 is 6.18 Å². The standard InChI is InChI=1S/C13H18F3N3S/c1-18-20-10-4-5-12(11(17)7-10)19-6-2-3-9(8-19)13(14,15)16/h4-5,7,9,18H,2-3,6,8,17H2,1H3. The second-order valence-corrected chi connectivity index (χ2v) is 5.94. The number of benzene rings is 1. The molecule has 0 amide bonds. The van der Waals surface area contributed by atoms with Crippen molar-refractivity contribution in [2.45, 2.75) is 23.9 Å². The number of alkyl halides is 3. The third kappa shape index (κ3) is 3.52. The summed E-state index contributed by atoms with van der Waals surface area (Å²) in [6, 6.07) is 5.45. The summed E-state index contributed by atoms with van der Waals surface area (Å²) in [7, 11) is 1.80. The number of anilines is 2. The fourth-order valence-corrected chi connectivity index (χ4v) is 3.02. The van der Waals surface area contributed by atoms with E-state index in [1.807, 2.05) is 6.07 Å². The molecule has 3 N–H and O–H groups in total. The highest BCUT2D eigenvalue weighted by Crippen LogP contribution is 2.36. The van der Waals surface area contributed by atoms with E-state index in [1.54, 1.807) is 24.1 Å².